The average molecular weight is 220 g/mol. The van der Waals surface area contributed by atoms with Crippen molar-refractivity contribution >= 4 is 0 Å². The minimum atomic E-state index is 0.380. The highest BCUT2D eigenvalue weighted by Gasteiger charge is 2.31. The molecular weight excluding hydrogens is 200 g/mol. The maximum atomic E-state index is 5.63. The Hall–Kier alpha value is -0.900. The standard InChI is InChI=1S/C13H20N2O/c1-16-8-4-7-13(15-14)12-9-10-5-2-3-6-11(10)12/h2-3,5-6,12-13,15H,4,7-9,14H2,1H3. The van der Waals surface area contributed by atoms with E-state index in [0.29, 0.717) is 12.0 Å². The highest BCUT2D eigenvalue weighted by atomic mass is 16.5. The van der Waals surface area contributed by atoms with E-state index in [0.717, 1.165) is 25.9 Å². The molecule has 2 rings (SSSR count). The molecule has 0 aromatic heterocycles. The Morgan fingerprint density at radius 2 is 2.31 bits per heavy atom. The van der Waals surface area contributed by atoms with Crippen molar-refractivity contribution in [2.24, 2.45) is 5.84 Å². The summed E-state index contributed by atoms with van der Waals surface area (Å²) in [7, 11) is 1.74. The second-order valence-corrected chi connectivity index (χ2v) is 4.42. The van der Waals surface area contributed by atoms with E-state index in [1.807, 2.05) is 0 Å². The Morgan fingerprint density at radius 3 is 3.00 bits per heavy atom. The number of hydrogen-bond acceptors (Lipinski definition) is 3. The van der Waals surface area contributed by atoms with Crippen molar-refractivity contribution in [3.05, 3.63) is 35.4 Å². The zero-order valence-corrected chi connectivity index (χ0v) is 9.78. The molecule has 0 saturated carbocycles. The maximum absolute atomic E-state index is 5.63. The lowest BCUT2D eigenvalue weighted by molar-refractivity contribution is 0.186. The van der Waals surface area contributed by atoms with Gasteiger partial charge in [-0.2, -0.15) is 0 Å². The fraction of sp³-hybridized carbons (Fsp3) is 0.538. The Morgan fingerprint density at radius 1 is 1.50 bits per heavy atom. The van der Waals surface area contributed by atoms with Gasteiger partial charge in [0.25, 0.3) is 0 Å². The SMILES string of the molecule is COCCCC(NN)C1Cc2ccccc21. The fourth-order valence-electron chi connectivity index (χ4n) is 2.50. The Bertz CT molecular complexity index is 340. The predicted octanol–water partition coefficient (Wildman–Crippen LogP) is 1.58. The molecule has 0 amide bonds. The number of methoxy groups -OCH3 is 1. The summed E-state index contributed by atoms with van der Waals surface area (Å²) in [4.78, 5) is 0. The van der Waals surface area contributed by atoms with Crippen molar-refractivity contribution in [3.63, 3.8) is 0 Å². The van der Waals surface area contributed by atoms with Gasteiger partial charge in [0.1, 0.15) is 0 Å². The third-order valence-corrected chi connectivity index (χ3v) is 3.46. The van der Waals surface area contributed by atoms with Gasteiger partial charge in [0, 0.05) is 25.7 Å². The minimum absolute atomic E-state index is 0.380. The smallest absolute Gasteiger partial charge is 0.0462 e. The summed E-state index contributed by atoms with van der Waals surface area (Å²) >= 11 is 0. The van der Waals surface area contributed by atoms with E-state index in [1.165, 1.54) is 11.1 Å². The molecule has 0 heterocycles. The number of hydrogen-bond donors (Lipinski definition) is 2. The zero-order chi connectivity index (χ0) is 11.4. The third-order valence-electron chi connectivity index (χ3n) is 3.46. The second-order valence-electron chi connectivity index (χ2n) is 4.42. The second kappa shape index (κ2) is 5.43. The number of hydrazine groups is 1. The minimum Gasteiger partial charge on any atom is -0.385 e. The quantitative estimate of drug-likeness (QED) is 0.435. The van der Waals surface area contributed by atoms with Crippen LogP contribution in [-0.4, -0.2) is 19.8 Å². The Labute approximate surface area is 97.0 Å². The van der Waals surface area contributed by atoms with E-state index in [1.54, 1.807) is 7.11 Å². The molecule has 0 spiro atoms. The van der Waals surface area contributed by atoms with Gasteiger partial charge in [0.05, 0.1) is 0 Å². The first-order valence-corrected chi connectivity index (χ1v) is 5.89. The molecule has 0 saturated heterocycles. The lowest BCUT2D eigenvalue weighted by atomic mass is 9.72. The molecule has 1 aliphatic rings. The van der Waals surface area contributed by atoms with Crippen LogP contribution >= 0.6 is 0 Å². The maximum Gasteiger partial charge on any atom is 0.0462 e. The summed E-state index contributed by atoms with van der Waals surface area (Å²) in [6, 6.07) is 9.00. The largest absolute Gasteiger partial charge is 0.385 e. The van der Waals surface area contributed by atoms with E-state index >= 15 is 0 Å². The van der Waals surface area contributed by atoms with Gasteiger partial charge in [-0.25, -0.2) is 0 Å². The van der Waals surface area contributed by atoms with Crippen LogP contribution in [0.2, 0.25) is 0 Å². The molecular formula is C13H20N2O. The highest BCUT2D eigenvalue weighted by Crippen LogP contribution is 2.38. The van der Waals surface area contributed by atoms with Crippen LogP contribution in [0.4, 0.5) is 0 Å². The number of benzene rings is 1. The van der Waals surface area contributed by atoms with Gasteiger partial charge in [-0.05, 0) is 30.4 Å². The molecule has 2 atom stereocenters. The Balaban J connectivity index is 1.92. The first-order chi connectivity index (χ1) is 7.86. The summed E-state index contributed by atoms with van der Waals surface area (Å²) in [6.45, 7) is 0.812. The molecule has 0 bridgehead atoms. The lowest BCUT2D eigenvalue weighted by Gasteiger charge is -2.36. The van der Waals surface area contributed by atoms with Crippen molar-refractivity contribution in [2.75, 3.05) is 13.7 Å². The molecule has 2 unspecified atom stereocenters. The van der Waals surface area contributed by atoms with Gasteiger partial charge in [-0.3, -0.25) is 11.3 Å². The molecule has 3 nitrogen and oxygen atoms in total. The molecule has 3 N–H and O–H groups in total. The summed E-state index contributed by atoms with van der Waals surface area (Å²) in [5, 5.41) is 0. The normalized spacial score (nSPS) is 20.0. The van der Waals surface area contributed by atoms with Gasteiger partial charge in [-0.15, -0.1) is 0 Å². The summed E-state index contributed by atoms with van der Waals surface area (Å²) < 4.78 is 5.07. The molecule has 0 aliphatic heterocycles. The molecule has 1 aromatic carbocycles. The highest BCUT2D eigenvalue weighted by molar-refractivity contribution is 5.41. The molecule has 1 aliphatic carbocycles. The van der Waals surface area contributed by atoms with Crippen LogP contribution < -0.4 is 11.3 Å². The van der Waals surface area contributed by atoms with E-state index in [2.05, 4.69) is 29.7 Å². The monoisotopic (exact) mass is 220 g/mol. The number of nitrogens with two attached hydrogens (primary N) is 1. The lowest BCUT2D eigenvalue weighted by Crippen LogP contribution is -2.43. The molecule has 3 heteroatoms. The van der Waals surface area contributed by atoms with Crippen LogP contribution in [0.1, 0.15) is 29.9 Å². The predicted molar refractivity (Wildman–Crippen MR) is 65.1 cm³/mol. The number of nitrogens with one attached hydrogen (secondary N) is 1. The first-order valence-electron chi connectivity index (χ1n) is 5.89. The summed E-state index contributed by atoms with van der Waals surface area (Å²) in [5.41, 5.74) is 5.88. The van der Waals surface area contributed by atoms with Crippen LogP contribution in [0.3, 0.4) is 0 Å². The number of ether oxygens (including phenoxy) is 1. The van der Waals surface area contributed by atoms with Crippen molar-refractivity contribution in [3.8, 4) is 0 Å². The molecule has 16 heavy (non-hydrogen) atoms. The van der Waals surface area contributed by atoms with Crippen molar-refractivity contribution < 1.29 is 4.74 Å². The van der Waals surface area contributed by atoms with E-state index in [4.69, 9.17) is 10.6 Å². The summed E-state index contributed by atoms with van der Waals surface area (Å²) in [6.07, 6.45) is 3.28. The summed E-state index contributed by atoms with van der Waals surface area (Å²) in [5.74, 6) is 6.21. The van der Waals surface area contributed by atoms with Gasteiger partial charge in [0.2, 0.25) is 0 Å². The topological polar surface area (TPSA) is 47.3 Å². The van der Waals surface area contributed by atoms with Gasteiger partial charge in [0.15, 0.2) is 0 Å². The molecule has 0 fully saturated rings. The van der Waals surface area contributed by atoms with E-state index in [-0.39, 0.29) is 0 Å². The van der Waals surface area contributed by atoms with Crippen molar-refractivity contribution in [1.82, 2.24) is 5.43 Å². The van der Waals surface area contributed by atoms with Crippen LogP contribution in [0.15, 0.2) is 24.3 Å². The van der Waals surface area contributed by atoms with E-state index in [9.17, 15) is 0 Å². The van der Waals surface area contributed by atoms with Crippen molar-refractivity contribution in [1.29, 1.82) is 0 Å². The number of rotatable bonds is 6. The first kappa shape index (κ1) is 11.6. The van der Waals surface area contributed by atoms with Gasteiger partial charge >= 0.3 is 0 Å². The Kier molecular flexibility index (Phi) is 3.93. The van der Waals surface area contributed by atoms with E-state index < -0.39 is 0 Å². The fourth-order valence-corrected chi connectivity index (χ4v) is 2.50. The van der Waals surface area contributed by atoms with Gasteiger partial charge in [-0.1, -0.05) is 24.3 Å². The van der Waals surface area contributed by atoms with Crippen LogP contribution in [0.25, 0.3) is 0 Å². The van der Waals surface area contributed by atoms with Crippen LogP contribution in [0, 0.1) is 0 Å². The van der Waals surface area contributed by atoms with Gasteiger partial charge < -0.3 is 4.74 Å². The molecule has 88 valence electrons. The molecule has 0 radical (unpaired) electrons. The van der Waals surface area contributed by atoms with Crippen LogP contribution in [-0.2, 0) is 11.2 Å². The van der Waals surface area contributed by atoms with Crippen molar-refractivity contribution in [2.45, 2.75) is 31.2 Å². The number of fused-ring (bicyclic) bond motifs is 1. The zero-order valence-electron chi connectivity index (χ0n) is 9.78. The average Bonchev–Trinajstić information content (AvgIpc) is 2.29. The molecule has 1 aromatic rings. The third kappa shape index (κ3) is 2.26. The van der Waals surface area contributed by atoms with Crippen LogP contribution in [0.5, 0.6) is 0 Å².